The van der Waals surface area contributed by atoms with E-state index in [9.17, 15) is 13.2 Å². The van der Waals surface area contributed by atoms with Crippen LogP contribution < -0.4 is 4.90 Å². The molecule has 1 aromatic heterocycles. The molecular weight excluding hydrogens is 362 g/mol. The molecule has 1 fully saturated rings. The number of carbonyl (C=O) groups excluding carboxylic acids is 1. The second-order valence-corrected chi connectivity index (χ2v) is 9.10. The van der Waals surface area contributed by atoms with Gasteiger partial charge in [0.15, 0.2) is 9.84 Å². The minimum Gasteiger partial charge on any atom is -0.353 e. The number of hydrogen-bond acceptors (Lipinski definition) is 5. The summed E-state index contributed by atoms with van der Waals surface area (Å²) in [6, 6.07) is 13.3. The number of nitrogens with zero attached hydrogens (tertiary/aromatic N) is 3. The average Bonchev–Trinajstić information content (AvgIpc) is 3.05. The van der Waals surface area contributed by atoms with E-state index in [2.05, 4.69) is 28.9 Å². The molecule has 1 amide bonds. The molecule has 27 heavy (non-hydrogen) atoms. The molecule has 0 radical (unpaired) electrons. The van der Waals surface area contributed by atoms with Crippen molar-refractivity contribution in [1.29, 1.82) is 0 Å². The maximum atomic E-state index is 12.8. The Balaban J connectivity index is 1.76. The molecule has 7 heteroatoms. The smallest absolute Gasteiger partial charge is 0.254 e. The summed E-state index contributed by atoms with van der Waals surface area (Å²) >= 11 is 0. The molecule has 0 saturated carbocycles. The number of hydrogen-bond donors (Lipinski definition) is 0. The van der Waals surface area contributed by atoms with E-state index in [-0.39, 0.29) is 23.5 Å². The number of pyridine rings is 1. The first-order chi connectivity index (χ1) is 12.9. The lowest BCUT2D eigenvalue weighted by atomic mass is 10.1. The van der Waals surface area contributed by atoms with Gasteiger partial charge in [0.2, 0.25) is 0 Å². The largest absolute Gasteiger partial charge is 0.353 e. The molecule has 0 aliphatic carbocycles. The molecule has 1 atom stereocenters. The molecule has 0 bridgehead atoms. The van der Waals surface area contributed by atoms with E-state index in [0.29, 0.717) is 18.5 Å². The van der Waals surface area contributed by atoms with Crippen molar-refractivity contribution in [2.24, 2.45) is 0 Å². The van der Waals surface area contributed by atoms with E-state index in [1.165, 1.54) is 5.56 Å². The van der Waals surface area contributed by atoms with Crippen LogP contribution in [0.5, 0.6) is 0 Å². The van der Waals surface area contributed by atoms with Crippen LogP contribution >= 0.6 is 0 Å². The van der Waals surface area contributed by atoms with Crippen LogP contribution in [0.1, 0.15) is 29.3 Å². The van der Waals surface area contributed by atoms with E-state index in [1.54, 1.807) is 30.3 Å². The van der Waals surface area contributed by atoms with Crippen LogP contribution in [-0.4, -0.2) is 55.3 Å². The zero-order valence-corrected chi connectivity index (χ0v) is 16.5. The van der Waals surface area contributed by atoms with E-state index in [1.807, 2.05) is 18.2 Å². The Morgan fingerprint density at radius 1 is 1.22 bits per heavy atom. The highest BCUT2D eigenvalue weighted by atomic mass is 32.2. The molecule has 1 unspecified atom stereocenters. The van der Waals surface area contributed by atoms with Crippen LogP contribution in [-0.2, 0) is 16.4 Å². The molecule has 3 rings (SSSR count). The Labute approximate surface area is 160 Å². The Hall–Kier alpha value is -2.41. The van der Waals surface area contributed by atoms with Gasteiger partial charge in [0.05, 0.1) is 11.5 Å². The van der Waals surface area contributed by atoms with Gasteiger partial charge in [-0.2, -0.15) is 0 Å². The molecule has 1 saturated heterocycles. The lowest BCUT2D eigenvalue weighted by Gasteiger charge is -2.25. The summed E-state index contributed by atoms with van der Waals surface area (Å²) in [5, 5.41) is 0. The quantitative estimate of drug-likeness (QED) is 0.761. The molecule has 2 aromatic rings. The molecule has 144 valence electrons. The lowest BCUT2D eigenvalue weighted by molar-refractivity contribution is 0.0747. The summed E-state index contributed by atoms with van der Waals surface area (Å²) in [6.45, 7) is 3.52. The molecular formula is C20H25N3O3S. The third-order valence-corrected chi connectivity index (χ3v) is 6.74. The van der Waals surface area contributed by atoms with Gasteiger partial charge in [-0.3, -0.25) is 4.79 Å². The van der Waals surface area contributed by atoms with Gasteiger partial charge in [0.1, 0.15) is 5.82 Å². The second-order valence-electron chi connectivity index (χ2n) is 6.88. The Kier molecular flexibility index (Phi) is 5.79. The van der Waals surface area contributed by atoms with Crippen LogP contribution in [0.25, 0.3) is 0 Å². The highest BCUT2D eigenvalue weighted by Crippen LogP contribution is 2.21. The predicted octanol–water partition coefficient (Wildman–Crippen LogP) is 2.37. The summed E-state index contributed by atoms with van der Waals surface area (Å²) in [6.07, 6.45) is 2.13. The molecule has 0 spiro atoms. The van der Waals surface area contributed by atoms with Crippen molar-refractivity contribution in [3.8, 4) is 0 Å². The van der Waals surface area contributed by atoms with Gasteiger partial charge in [-0.15, -0.1) is 0 Å². The fourth-order valence-electron chi connectivity index (χ4n) is 3.33. The van der Waals surface area contributed by atoms with Gasteiger partial charge in [0, 0.05) is 37.9 Å². The van der Waals surface area contributed by atoms with Crippen molar-refractivity contribution in [2.75, 3.05) is 30.0 Å². The second kappa shape index (κ2) is 8.08. The van der Waals surface area contributed by atoms with Crippen LogP contribution in [0.2, 0.25) is 0 Å². The third-order valence-electron chi connectivity index (χ3n) is 4.99. The highest BCUT2D eigenvalue weighted by molar-refractivity contribution is 7.91. The first-order valence-electron chi connectivity index (χ1n) is 9.12. The van der Waals surface area contributed by atoms with Crippen LogP contribution in [0.4, 0.5) is 5.82 Å². The lowest BCUT2D eigenvalue weighted by Crippen LogP contribution is -2.38. The van der Waals surface area contributed by atoms with Crippen molar-refractivity contribution in [3.05, 3.63) is 59.8 Å². The van der Waals surface area contributed by atoms with Crippen LogP contribution in [0.15, 0.2) is 48.7 Å². The normalized spacial score (nSPS) is 18.2. The van der Waals surface area contributed by atoms with E-state index in [0.717, 1.165) is 12.4 Å². The number of anilines is 1. The standard InChI is InChI=1S/C20H25N3O3S/c1-3-23(14-16-7-5-4-6-8-16)19-13-17(9-11-21-19)20(24)22(2)18-10-12-27(25,26)15-18/h4-9,11,13,18H,3,10,12,14-15H2,1-2H3. The number of aromatic nitrogens is 1. The van der Waals surface area contributed by atoms with Gasteiger partial charge < -0.3 is 9.80 Å². The number of sulfone groups is 1. The number of rotatable bonds is 6. The molecule has 1 aliphatic heterocycles. The molecule has 0 N–H and O–H groups in total. The summed E-state index contributed by atoms with van der Waals surface area (Å²) in [7, 11) is -1.35. The fraction of sp³-hybridized carbons (Fsp3) is 0.400. The monoisotopic (exact) mass is 387 g/mol. The van der Waals surface area contributed by atoms with Crippen LogP contribution in [0.3, 0.4) is 0 Å². The van der Waals surface area contributed by atoms with E-state index in [4.69, 9.17) is 0 Å². The van der Waals surface area contributed by atoms with Gasteiger partial charge in [-0.1, -0.05) is 30.3 Å². The van der Waals surface area contributed by atoms with Crippen molar-refractivity contribution in [1.82, 2.24) is 9.88 Å². The average molecular weight is 388 g/mol. The van der Waals surface area contributed by atoms with Crippen molar-refractivity contribution < 1.29 is 13.2 Å². The van der Waals surface area contributed by atoms with Gasteiger partial charge in [0.25, 0.3) is 5.91 Å². The Morgan fingerprint density at radius 3 is 2.59 bits per heavy atom. The third kappa shape index (κ3) is 4.66. The molecule has 1 aromatic carbocycles. The molecule has 2 heterocycles. The van der Waals surface area contributed by atoms with Crippen molar-refractivity contribution >= 4 is 21.6 Å². The van der Waals surface area contributed by atoms with Crippen molar-refractivity contribution in [2.45, 2.75) is 25.9 Å². The maximum Gasteiger partial charge on any atom is 0.254 e. The summed E-state index contributed by atoms with van der Waals surface area (Å²) in [4.78, 5) is 20.9. The van der Waals surface area contributed by atoms with Gasteiger partial charge in [-0.05, 0) is 31.0 Å². The highest BCUT2D eigenvalue weighted by Gasteiger charge is 2.33. The van der Waals surface area contributed by atoms with Gasteiger partial charge in [-0.25, -0.2) is 13.4 Å². The number of carbonyl (C=O) groups is 1. The van der Waals surface area contributed by atoms with Gasteiger partial charge >= 0.3 is 0 Å². The first-order valence-corrected chi connectivity index (χ1v) is 10.9. The summed E-state index contributed by atoms with van der Waals surface area (Å²) < 4.78 is 23.4. The maximum absolute atomic E-state index is 12.8. The minimum absolute atomic E-state index is 0.0439. The number of benzene rings is 1. The molecule has 1 aliphatic rings. The topological polar surface area (TPSA) is 70.6 Å². The molecule has 6 nitrogen and oxygen atoms in total. The number of amides is 1. The summed E-state index contributed by atoms with van der Waals surface area (Å²) in [5.74, 6) is 0.760. The fourth-order valence-corrected chi connectivity index (χ4v) is 5.11. The zero-order valence-electron chi connectivity index (χ0n) is 15.7. The first kappa shape index (κ1) is 19.4. The zero-order chi connectivity index (χ0) is 19.4. The minimum atomic E-state index is -3.03. The van der Waals surface area contributed by atoms with Crippen LogP contribution in [0, 0.1) is 0 Å². The Morgan fingerprint density at radius 2 is 1.96 bits per heavy atom. The predicted molar refractivity (Wildman–Crippen MR) is 107 cm³/mol. The van der Waals surface area contributed by atoms with E-state index >= 15 is 0 Å². The van der Waals surface area contributed by atoms with E-state index < -0.39 is 9.84 Å². The summed E-state index contributed by atoms with van der Waals surface area (Å²) in [5.41, 5.74) is 1.70. The Bertz CT molecular complexity index is 900. The van der Waals surface area contributed by atoms with Crippen molar-refractivity contribution in [3.63, 3.8) is 0 Å². The SMILES string of the molecule is CCN(Cc1ccccc1)c1cc(C(=O)N(C)C2CCS(=O)(=O)C2)ccn1.